The Hall–Kier alpha value is -2.14. The average Bonchev–Trinajstić information content (AvgIpc) is 3.48. The maximum absolute atomic E-state index is 11.4. The van der Waals surface area contributed by atoms with Gasteiger partial charge in [0.05, 0.1) is 12.3 Å². The van der Waals surface area contributed by atoms with Gasteiger partial charge >= 0.3 is 0 Å². The van der Waals surface area contributed by atoms with Crippen LogP contribution < -0.4 is 10.3 Å². The summed E-state index contributed by atoms with van der Waals surface area (Å²) in [4.78, 5) is 14.1. The first kappa shape index (κ1) is 17.3. The first-order chi connectivity index (χ1) is 12.7. The standard InChI is InChI=1S/C21H27N3O2/c1-23-21(25)9-8-20(22-23)18-4-6-19(7-5-18)26-15-17-10-12-24(13-11-17)14-16-2-3-16/h4-9,16-17H,2-3,10-15H2,1H3. The van der Waals surface area contributed by atoms with Gasteiger partial charge in [0.2, 0.25) is 0 Å². The summed E-state index contributed by atoms with van der Waals surface area (Å²) in [6, 6.07) is 11.3. The highest BCUT2D eigenvalue weighted by molar-refractivity contribution is 5.59. The van der Waals surface area contributed by atoms with E-state index in [9.17, 15) is 4.79 Å². The fourth-order valence-electron chi connectivity index (χ4n) is 3.59. The van der Waals surface area contributed by atoms with E-state index in [1.807, 2.05) is 24.3 Å². The SMILES string of the molecule is Cn1nc(-c2ccc(OCC3CCN(CC4CC4)CC3)cc2)ccc1=O. The van der Waals surface area contributed by atoms with Crippen LogP contribution in [0.5, 0.6) is 5.75 Å². The number of hydrogen-bond donors (Lipinski definition) is 0. The molecular weight excluding hydrogens is 326 g/mol. The molecule has 1 aromatic carbocycles. The van der Waals surface area contributed by atoms with E-state index in [1.54, 1.807) is 19.2 Å². The lowest BCUT2D eigenvalue weighted by atomic mass is 9.97. The van der Waals surface area contributed by atoms with E-state index in [0.717, 1.165) is 29.5 Å². The number of ether oxygens (including phenoxy) is 1. The third-order valence-corrected chi connectivity index (χ3v) is 5.52. The minimum atomic E-state index is -0.100. The van der Waals surface area contributed by atoms with Crippen molar-refractivity contribution >= 4 is 0 Å². The summed E-state index contributed by atoms with van der Waals surface area (Å²) < 4.78 is 7.37. The minimum absolute atomic E-state index is 0.100. The number of hydrogen-bond acceptors (Lipinski definition) is 4. The lowest BCUT2D eigenvalue weighted by Crippen LogP contribution is -2.36. The number of likely N-dealkylation sites (tertiary alicyclic amines) is 1. The number of benzene rings is 1. The molecule has 0 N–H and O–H groups in total. The number of piperidine rings is 1. The van der Waals surface area contributed by atoms with Gasteiger partial charge in [-0.2, -0.15) is 5.10 Å². The van der Waals surface area contributed by atoms with Gasteiger partial charge < -0.3 is 9.64 Å². The van der Waals surface area contributed by atoms with Crippen LogP contribution >= 0.6 is 0 Å². The fourth-order valence-corrected chi connectivity index (χ4v) is 3.59. The van der Waals surface area contributed by atoms with Crippen LogP contribution in [0.25, 0.3) is 11.3 Å². The van der Waals surface area contributed by atoms with E-state index in [-0.39, 0.29) is 5.56 Å². The third-order valence-electron chi connectivity index (χ3n) is 5.52. The van der Waals surface area contributed by atoms with Crippen molar-refractivity contribution in [3.8, 4) is 17.0 Å². The van der Waals surface area contributed by atoms with Gasteiger partial charge in [0, 0.05) is 25.2 Å². The first-order valence-corrected chi connectivity index (χ1v) is 9.67. The molecule has 26 heavy (non-hydrogen) atoms. The van der Waals surface area contributed by atoms with Crippen LogP contribution in [0.2, 0.25) is 0 Å². The molecular formula is C21H27N3O2. The topological polar surface area (TPSA) is 47.4 Å². The molecule has 2 aromatic rings. The summed E-state index contributed by atoms with van der Waals surface area (Å²) in [5, 5.41) is 4.28. The molecule has 5 nitrogen and oxygen atoms in total. The zero-order valence-electron chi connectivity index (χ0n) is 15.4. The smallest absolute Gasteiger partial charge is 0.266 e. The first-order valence-electron chi connectivity index (χ1n) is 9.67. The zero-order chi connectivity index (χ0) is 17.9. The summed E-state index contributed by atoms with van der Waals surface area (Å²) in [5.74, 6) is 2.55. The molecule has 2 heterocycles. The molecule has 1 saturated heterocycles. The zero-order valence-corrected chi connectivity index (χ0v) is 15.4. The van der Waals surface area contributed by atoms with E-state index < -0.39 is 0 Å². The molecule has 138 valence electrons. The van der Waals surface area contributed by atoms with Crippen LogP contribution in [0, 0.1) is 11.8 Å². The Kier molecular flexibility index (Phi) is 5.07. The van der Waals surface area contributed by atoms with E-state index in [1.165, 1.54) is 50.0 Å². The number of nitrogens with zero attached hydrogens (tertiary/aromatic N) is 3. The van der Waals surface area contributed by atoms with Gasteiger partial charge in [-0.3, -0.25) is 4.79 Å². The van der Waals surface area contributed by atoms with Gasteiger partial charge in [0.1, 0.15) is 5.75 Å². The van der Waals surface area contributed by atoms with E-state index >= 15 is 0 Å². The Morgan fingerprint density at radius 1 is 1.00 bits per heavy atom. The molecule has 5 heteroatoms. The number of aromatic nitrogens is 2. The van der Waals surface area contributed by atoms with E-state index in [4.69, 9.17) is 4.74 Å². The summed E-state index contributed by atoms with van der Waals surface area (Å²) in [7, 11) is 1.67. The Labute approximate surface area is 154 Å². The normalized spacial score (nSPS) is 18.8. The molecule has 1 saturated carbocycles. The summed E-state index contributed by atoms with van der Waals surface area (Å²) in [5.41, 5.74) is 1.68. The summed E-state index contributed by atoms with van der Waals surface area (Å²) in [6.07, 6.45) is 5.36. The largest absolute Gasteiger partial charge is 0.493 e. The van der Waals surface area contributed by atoms with Crippen molar-refractivity contribution in [2.75, 3.05) is 26.2 Å². The van der Waals surface area contributed by atoms with E-state index in [2.05, 4.69) is 10.00 Å². The van der Waals surface area contributed by atoms with Crippen molar-refractivity contribution in [1.29, 1.82) is 0 Å². The van der Waals surface area contributed by atoms with Gasteiger partial charge in [0.15, 0.2) is 0 Å². The maximum atomic E-state index is 11.4. The highest BCUT2D eigenvalue weighted by Crippen LogP contribution is 2.31. The van der Waals surface area contributed by atoms with Crippen molar-refractivity contribution in [2.45, 2.75) is 25.7 Å². The second kappa shape index (κ2) is 7.62. The highest BCUT2D eigenvalue weighted by Gasteiger charge is 2.27. The van der Waals surface area contributed by atoms with Crippen LogP contribution in [0.15, 0.2) is 41.2 Å². The molecule has 0 atom stereocenters. The second-order valence-corrected chi connectivity index (χ2v) is 7.70. The van der Waals surface area contributed by atoms with Gasteiger partial charge in [-0.15, -0.1) is 0 Å². The predicted molar refractivity (Wildman–Crippen MR) is 102 cm³/mol. The summed E-state index contributed by atoms with van der Waals surface area (Å²) >= 11 is 0. The Bertz CT molecular complexity index is 788. The van der Waals surface area contributed by atoms with E-state index in [0.29, 0.717) is 5.92 Å². The number of aryl methyl sites for hydroxylation is 1. The lowest BCUT2D eigenvalue weighted by molar-refractivity contribution is 0.138. The highest BCUT2D eigenvalue weighted by atomic mass is 16.5. The second-order valence-electron chi connectivity index (χ2n) is 7.70. The van der Waals surface area contributed by atoms with Crippen molar-refractivity contribution in [2.24, 2.45) is 18.9 Å². The Balaban J connectivity index is 1.27. The number of rotatable bonds is 6. The van der Waals surface area contributed by atoms with Crippen LogP contribution in [0.1, 0.15) is 25.7 Å². The molecule has 2 fully saturated rings. The van der Waals surface area contributed by atoms with Crippen molar-refractivity contribution < 1.29 is 4.74 Å². The Morgan fingerprint density at radius 3 is 2.38 bits per heavy atom. The molecule has 0 bridgehead atoms. The third kappa shape index (κ3) is 4.33. The van der Waals surface area contributed by atoms with Gasteiger partial charge in [-0.1, -0.05) is 0 Å². The molecule has 1 aromatic heterocycles. The van der Waals surface area contributed by atoms with Crippen molar-refractivity contribution in [1.82, 2.24) is 14.7 Å². The van der Waals surface area contributed by atoms with Gasteiger partial charge in [0.25, 0.3) is 5.56 Å². The average molecular weight is 353 g/mol. The minimum Gasteiger partial charge on any atom is -0.493 e. The molecule has 0 unspecified atom stereocenters. The summed E-state index contributed by atoms with van der Waals surface area (Å²) in [6.45, 7) is 4.56. The molecule has 0 amide bonds. The fraction of sp³-hybridized carbons (Fsp3) is 0.524. The quantitative estimate of drug-likeness (QED) is 0.801. The van der Waals surface area contributed by atoms with Crippen molar-refractivity contribution in [3.63, 3.8) is 0 Å². The lowest BCUT2D eigenvalue weighted by Gasteiger charge is -2.31. The van der Waals surface area contributed by atoms with Crippen LogP contribution in [-0.2, 0) is 7.05 Å². The van der Waals surface area contributed by atoms with Crippen LogP contribution in [-0.4, -0.2) is 40.9 Å². The van der Waals surface area contributed by atoms with Crippen LogP contribution in [0.4, 0.5) is 0 Å². The predicted octanol–water partition coefficient (Wildman–Crippen LogP) is 2.95. The molecule has 1 aliphatic carbocycles. The Morgan fingerprint density at radius 2 is 1.73 bits per heavy atom. The van der Waals surface area contributed by atoms with Gasteiger partial charge in [-0.05, 0) is 80.9 Å². The maximum Gasteiger partial charge on any atom is 0.266 e. The van der Waals surface area contributed by atoms with Crippen LogP contribution in [0.3, 0.4) is 0 Å². The van der Waals surface area contributed by atoms with Gasteiger partial charge in [-0.25, -0.2) is 4.68 Å². The molecule has 0 spiro atoms. The van der Waals surface area contributed by atoms with Crippen molar-refractivity contribution in [3.05, 3.63) is 46.8 Å². The monoisotopic (exact) mass is 353 g/mol. The molecule has 4 rings (SSSR count). The molecule has 0 radical (unpaired) electrons. The molecule has 1 aliphatic heterocycles. The molecule has 2 aliphatic rings.